The number of nitrogens with one attached hydrogen (secondary N) is 1. The molecule has 0 aromatic heterocycles. The predicted octanol–water partition coefficient (Wildman–Crippen LogP) is 3.13. The van der Waals surface area contributed by atoms with Gasteiger partial charge in [0.05, 0.1) is 23.2 Å². The number of rotatable bonds is 4. The Labute approximate surface area is 138 Å². The van der Waals surface area contributed by atoms with Crippen LogP contribution < -0.4 is 10.2 Å². The fraction of sp³-hybridized carbons (Fsp3) is 0.235. The van der Waals surface area contributed by atoms with Crippen LogP contribution >= 0.6 is 0 Å². The molecule has 1 amide bonds. The number of non-ortho nitro benzene ring substituents is 1. The topological polar surface area (TPSA) is 75.5 Å². The molecule has 7 heteroatoms. The summed E-state index contributed by atoms with van der Waals surface area (Å²) in [6.45, 7) is 0.545. The van der Waals surface area contributed by atoms with Gasteiger partial charge in [0.1, 0.15) is 0 Å². The lowest BCUT2D eigenvalue weighted by Gasteiger charge is -2.29. The molecule has 2 aromatic rings. The van der Waals surface area contributed by atoms with Gasteiger partial charge in [-0.15, -0.1) is 0 Å². The minimum absolute atomic E-state index is 0.0687. The van der Waals surface area contributed by atoms with Gasteiger partial charge in [-0.2, -0.15) is 0 Å². The van der Waals surface area contributed by atoms with Gasteiger partial charge in [-0.25, -0.2) is 4.39 Å². The first-order valence-electron chi connectivity index (χ1n) is 7.62. The number of nitro groups is 1. The highest BCUT2D eigenvalue weighted by atomic mass is 19.1. The van der Waals surface area contributed by atoms with E-state index in [0.717, 1.165) is 30.2 Å². The molecule has 0 saturated heterocycles. The second-order valence-electron chi connectivity index (χ2n) is 5.55. The summed E-state index contributed by atoms with van der Waals surface area (Å²) >= 11 is 0. The molecule has 24 heavy (non-hydrogen) atoms. The second kappa shape index (κ2) is 6.66. The van der Waals surface area contributed by atoms with Gasteiger partial charge < -0.3 is 10.2 Å². The average Bonchev–Trinajstić information content (AvgIpc) is 2.59. The van der Waals surface area contributed by atoms with Crippen LogP contribution in [0, 0.1) is 15.9 Å². The van der Waals surface area contributed by atoms with Gasteiger partial charge in [0.25, 0.3) is 5.69 Å². The van der Waals surface area contributed by atoms with Gasteiger partial charge in [0.2, 0.25) is 5.91 Å². The zero-order valence-corrected chi connectivity index (χ0v) is 12.9. The second-order valence-corrected chi connectivity index (χ2v) is 5.55. The molecule has 124 valence electrons. The Morgan fingerprint density at radius 1 is 1.29 bits per heavy atom. The fourth-order valence-corrected chi connectivity index (χ4v) is 2.82. The van der Waals surface area contributed by atoms with Crippen LogP contribution in [-0.4, -0.2) is 23.9 Å². The molecule has 0 fully saturated rings. The summed E-state index contributed by atoms with van der Waals surface area (Å²) in [6, 6.07) is 11.0. The summed E-state index contributed by atoms with van der Waals surface area (Å²) < 4.78 is 13.9. The molecule has 0 aliphatic carbocycles. The van der Waals surface area contributed by atoms with Crippen molar-refractivity contribution in [3.05, 3.63) is 64.0 Å². The van der Waals surface area contributed by atoms with Gasteiger partial charge in [-0.3, -0.25) is 14.9 Å². The Kier molecular flexibility index (Phi) is 4.41. The molecule has 2 aromatic carbocycles. The van der Waals surface area contributed by atoms with Crippen LogP contribution in [0.25, 0.3) is 0 Å². The number of aryl methyl sites for hydroxylation is 1. The third kappa shape index (κ3) is 3.19. The van der Waals surface area contributed by atoms with Crippen molar-refractivity contribution in [1.82, 2.24) is 0 Å². The van der Waals surface area contributed by atoms with Crippen LogP contribution in [-0.2, 0) is 11.2 Å². The lowest BCUT2D eigenvalue weighted by molar-refractivity contribution is -0.385. The summed E-state index contributed by atoms with van der Waals surface area (Å²) in [6.07, 6.45) is 1.82. The Hall–Kier alpha value is -2.96. The Morgan fingerprint density at radius 3 is 2.83 bits per heavy atom. The monoisotopic (exact) mass is 329 g/mol. The molecule has 6 nitrogen and oxygen atoms in total. The lowest BCUT2D eigenvalue weighted by Crippen LogP contribution is -2.39. The van der Waals surface area contributed by atoms with Crippen LogP contribution in [0.1, 0.15) is 12.0 Å². The van der Waals surface area contributed by atoms with Gasteiger partial charge >= 0.3 is 0 Å². The van der Waals surface area contributed by atoms with Crippen LogP contribution in [0.2, 0.25) is 0 Å². The van der Waals surface area contributed by atoms with Crippen molar-refractivity contribution in [2.75, 3.05) is 23.3 Å². The molecule has 1 heterocycles. The Morgan fingerprint density at radius 2 is 2.08 bits per heavy atom. The molecular weight excluding hydrogens is 313 g/mol. The Bertz CT molecular complexity index is 794. The molecule has 0 radical (unpaired) electrons. The predicted molar refractivity (Wildman–Crippen MR) is 88.7 cm³/mol. The molecule has 0 unspecified atom stereocenters. The fourth-order valence-electron chi connectivity index (χ4n) is 2.82. The highest BCUT2D eigenvalue weighted by Crippen LogP contribution is 2.27. The summed E-state index contributed by atoms with van der Waals surface area (Å²) in [7, 11) is 0. The molecule has 0 spiro atoms. The van der Waals surface area contributed by atoms with E-state index in [0.29, 0.717) is 6.54 Å². The number of hydrogen-bond donors (Lipinski definition) is 1. The van der Waals surface area contributed by atoms with Crippen molar-refractivity contribution in [1.29, 1.82) is 0 Å². The number of benzene rings is 2. The van der Waals surface area contributed by atoms with Crippen LogP contribution in [0.5, 0.6) is 0 Å². The number of carbonyl (C=O) groups excluding carboxylic acids is 1. The minimum atomic E-state index is -0.754. The number of carbonyl (C=O) groups is 1. The highest BCUT2D eigenvalue weighted by molar-refractivity contribution is 5.97. The largest absolute Gasteiger partial charge is 0.374 e. The molecule has 1 aliphatic heterocycles. The molecule has 0 bridgehead atoms. The summed E-state index contributed by atoms with van der Waals surface area (Å²) in [5.41, 5.74) is 1.76. The molecule has 0 atom stereocenters. The summed E-state index contributed by atoms with van der Waals surface area (Å²) in [5.74, 6) is -0.920. The molecule has 1 N–H and O–H groups in total. The first kappa shape index (κ1) is 15.9. The first-order valence-corrected chi connectivity index (χ1v) is 7.62. The maximum absolute atomic E-state index is 13.9. The summed E-state index contributed by atoms with van der Waals surface area (Å²) in [4.78, 5) is 24.1. The van der Waals surface area contributed by atoms with E-state index >= 15 is 0 Å². The van der Waals surface area contributed by atoms with Gasteiger partial charge in [-0.1, -0.05) is 18.2 Å². The van der Waals surface area contributed by atoms with E-state index in [1.807, 2.05) is 24.3 Å². The lowest BCUT2D eigenvalue weighted by atomic mass is 10.0. The third-order valence-electron chi connectivity index (χ3n) is 4.00. The van der Waals surface area contributed by atoms with Crippen LogP contribution in [0.3, 0.4) is 0 Å². The van der Waals surface area contributed by atoms with Crippen molar-refractivity contribution in [2.24, 2.45) is 0 Å². The Balaban J connectivity index is 1.70. The number of para-hydroxylation sites is 1. The number of hydrogen-bond acceptors (Lipinski definition) is 4. The molecular formula is C17H16FN3O3. The number of nitrogens with zero attached hydrogens (tertiary/aromatic N) is 2. The SMILES string of the molecule is O=C(CNc1ccc([N+](=O)[O-])cc1F)N1CCCc2ccccc21. The van der Waals surface area contributed by atoms with Gasteiger partial charge in [0.15, 0.2) is 5.82 Å². The average molecular weight is 329 g/mol. The van der Waals surface area contributed by atoms with Crippen molar-refractivity contribution in [3.8, 4) is 0 Å². The van der Waals surface area contributed by atoms with Crippen molar-refractivity contribution < 1.29 is 14.1 Å². The maximum atomic E-state index is 13.9. The molecule has 0 saturated carbocycles. The van der Waals surface area contributed by atoms with Crippen LogP contribution in [0.15, 0.2) is 42.5 Å². The standard InChI is InChI=1S/C17H16FN3O3/c18-14-10-13(21(23)24)7-8-15(14)19-11-17(22)20-9-3-5-12-4-1-2-6-16(12)20/h1-2,4,6-8,10,19H,3,5,9,11H2. The molecule has 1 aliphatic rings. The van der Waals surface area contributed by atoms with Crippen molar-refractivity contribution in [2.45, 2.75) is 12.8 Å². The maximum Gasteiger partial charge on any atom is 0.272 e. The quantitative estimate of drug-likeness (QED) is 0.691. The van der Waals surface area contributed by atoms with E-state index in [1.54, 1.807) is 4.90 Å². The van der Waals surface area contributed by atoms with Gasteiger partial charge in [-0.05, 0) is 30.5 Å². The first-order chi connectivity index (χ1) is 11.6. The third-order valence-corrected chi connectivity index (χ3v) is 4.00. The van der Waals surface area contributed by atoms with E-state index in [9.17, 15) is 19.3 Å². The van der Waals surface area contributed by atoms with E-state index in [1.165, 1.54) is 12.1 Å². The number of halogens is 1. The van der Waals surface area contributed by atoms with E-state index in [4.69, 9.17) is 0 Å². The number of fused-ring (bicyclic) bond motifs is 1. The number of anilines is 2. The van der Waals surface area contributed by atoms with Crippen LogP contribution in [0.4, 0.5) is 21.5 Å². The van der Waals surface area contributed by atoms with E-state index < -0.39 is 10.7 Å². The van der Waals surface area contributed by atoms with Gasteiger partial charge in [0, 0.05) is 18.3 Å². The highest BCUT2D eigenvalue weighted by Gasteiger charge is 2.22. The number of amides is 1. The summed E-state index contributed by atoms with van der Waals surface area (Å²) in [5, 5.41) is 13.3. The number of nitro benzene ring substituents is 1. The van der Waals surface area contributed by atoms with Crippen molar-refractivity contribution in [3.63, 3.8) is 0 Å². The van der Waals surface area contributed by atoms with Crippen molar-refractivity contribution >= 4 is 23.0 Å². The minimum Gasteiger partial charge on any atom is -0.374 e. The smallest absolute Gasteiger partial charge is 0.272 e. The van der Waals surface area contributed by atoms with E-state index in [-0.39, 0.29) is 23.8 Å². The molecule has 3 rings (SSSR count). The van der Waals surface area contributed by atoms with E-state index in [2.05, 4.69) is 5.32 Å². The zero-order chi connectivity index (χ0) is 17.1. The zero-order valence-electron chi connectivity index (χ0n) is 12.9. The normalized spacial score (nSPS) is 13.3.